The van der Waals surface area contributed by atoms with Gasteiger partial charge in [0.15, 0.2) is 0 Å². The van der Waals surface area contributed by atoms with Gasteiger partial charge in [0.2, 0.25) is 5.91 Å². The van der Waals surface area contributed by atoms with Crippen LogP contribution in [0.4, 0.5) is 0 Å². The number of rotatable bonds is 5. The second-order valence-corrected chi connectivity index (χ2v) is 6.01. The van der Waals surface area contributed by atoms with Crippen LogP contribution >= 0.6 is 11.8 Å². The predicted molar refractivity (Wildman–Crippen MR) is 96.9 cm³/mol. The lowest BCUT2D eigenvalue weighted by molar-refractivity contribution is -0.118. The molecule has 0 bridgehead atoms. The Balaban J connectivity index is 1.59. The number of benzene rings is 3. The minimum absolute atomic E-state index is 0.115. The second kappa shape index (κ2) is 7.61. The molecule has 0 radical (unpaired) electrons. The van der Waals surface area contributed by atoms with E-state index in [9.17, 15) is 4.79 Å². The maximum Gasteiger partial charge on any atom is 0.250 e. The van der Waals surface area contributed by atoms with Gasteiger partial charge >= 0.3 is 0 Å². The van der Waals surface area contributed by atoms with Gasteiger partial charge in [-0.25, -0.2) is 5.43 Å². The van der Waals surface area contributed by atoms with Crippen LogP contribution in [-0.4, -0.2) is 17.9 Å². The summed E-state index contributed by atoms with van der Waals surface area (Å²) in [6.07, 6.45) is 1.69. The number of thioether (sulfide) groups is 1. The molecule has 0 saturated heterocycles. The number of hydrazone groups is 1. The highest BCUT2D eigenvalue weighted by molar-refractivity contribution is 8.00. The van der Waals surface area contributed by atoms with Crippen molar-refractivity contribution in [3.05, 3.63) is 78.4 Å². The molecule has 0 unspecified atom stereocenters. The molecule has 0 saturated carbocycles. The molecule has 0 heterocycles. The van der Waals surface area contributed by atoms with Crippen LogP contribution in [0.1, 0.15) is 5.56 Å². The molecule has 0 fully saturated rings. The molecule has 3 nitrogen and oxygen atoms in total. The van der Waals surface area contributed by atoms with Crippen molar-refractivity contribution in [1.82, 2.24) is 5.43 Å². The van der Waals surface area contributed by atoms with E-state index in [-0.39, 0.29) is 5.91 Å². The molecule has 3 aromatic carbocycles. The van der Waals surface area contributed by atoms with Crippen molar-refractivity contribution in [3.63, 3.8) is 0 Å². The lowest BCUT2D eigenvalue weighted by Gasteiger charge is -2.02. The van der Waals surface area contributed by atoms with Crippen molar-refractivity contribution in [2.45, 2.75) is 4.90 Å². The van der Waals surface area contributed by atoms with E-state index >= 15 is 0 Å². The zero-order chi connectivity index (χ0) is 15.9. The standard InChI is InChI=1S/C19H16N2OS/c22-19(14-23-17-10-2-1-3-11-17)21-20-13-16-9-6-8-15-7-4-5-12-18(15)16/h1-13H,14H2,(H,21,22)/b20-13-. The van der Waals surface area contributed by atoms with E-state index in [0.29, 0.717) is 5.75 Å². The van der Waals surface area contributed by atoms with Gasteiger partial charge in [-0.1, -0.05) is 60.7 Å². The van der Waals surface area contributed by atoms with Crippen molar-refractivity contribution in [2.24, 2.45) is 5.10 Å². The molecule has 114 valence electrons. The van der Waals surface area contributed by atoms with Crippen LogP contribution in [0.5, 0.6) is 0 Å². The molecule has 0 spiro atoms. The van der Waals surface area contributed by atoms with Crippen LogP contribution in [0.2, 0.25) is 0 Å². The Bertz CT molecular complexity index is 826. The summed E-state index contributed by atoms with van der Waals surface area (Å²) in [7, 11) is 0. The molecule has 3 rings (SSSR count). The molecule has 23 heavy (non-hydrogen) atoms. The van der Waals surface area contributed by atoms with Gasteiger partial charge in [-0.15, -0.1) is 11.8 Å². The number of hydrogen-bond acceptors (Lipinski definition) is 3. The van der Waals surface area contributed by atoms with Crippen molar-refractivity contribution in [1.29, 1.82) is 0 Å². The lowest BCUT2D eigenvalue weighted by atomic mass is 10.1. The Kier molecular flexibility index (Phi) is 5.06. The van der Waals surface area contributed by atoms with Crippen LogP contribution in [-0.2, 0) is 4.79 Å². The number of hydrogen-bond donors (Lipinski definition) is 1. The van der Waals surface area contributed by atoms with E-state index in [1.54, 1.807) is 6.21 Å². The monoisotopic (exact) mass is 320 g/mol. The minimum atomic E-state index is -0.115. The summed E-state index contributed by atoms with van der Waals surface area (Å²) >= 11 is 1.49. The topological polar surface area (TPSA) is 41.5 Å². The number of carbonyl (C=O) groups is 1. The summed E-state index contributed by atoms with van der Waals surface area (Å²) in [6, 6.07) is 24.0. The molecule has 0 aliphatic rings. The molecule has 1 N–H and O–H groups in total. The second-order valence-electron chi connectivity index (χ2n) is 4.96. The third kappa shape index (κ3) is 4.20. The van der Waals surface area contributed by atoms with Crippen molar-refractivity contribution >= 4 is 34.7 Å². The Labute approximate surface area is 139 Å². The highest BCUT2D eigenvalue weighted by Gasteiger charge is 2.01. The van der Waals surface area contributed by atoms with Crippen LogP contribution < -0.4 is 5.43 Å². The van der Waals surface area contributed by atoms with Gasteiger partial charge in [-0.3, -0.25) is 4.79 Å². The largest absolute Gasteiger partial charge is 0.272 e. The SMILES string of the molecule is O=C(CSc1ccccc1)N/N=C\c1cccc2ccccc12. The average Bonchev–Trinajstić information content (AvgIpc) is 2.61. The highest BCUT2D eigenvalue weighted by atomic mass is 32.2. The minimum Gasteiger partial charge on any atom is -0.272 e. The summed E-state index contributed by atoms with van der Waals surface area (Å²) < 4.78 is 0. The molecular weight excluding hydrogens is 304 g/mol. The van der Waals surface area contributed by atoms with Crippen LogP contribution in [0.15, 0.2) is 82.8 Å². The normalized spacial score (nSPS) is 11.0. The fraction of sp³-hybridized carbons (Fsp3) is 0.0526. The fourth-order valence-electron chi connectivity index (χ4n) is 2.23. The molecule has 0 aromatic heterocycles. The van der Waals surface area contributed by atoms with Gasteiger partial charge in [0.1, 0.15) is 0 Å². The Morgan fingerprint density at radius 3 is 2.57 bits per heavy atom. The van der Waals surface area contributed by atoms with Crippen molar-refractivity contribution in [2.75, 3.05) is 5.75 Å². The molecule has 3 aromatic rings. The number of amides is 1. The first-order valence-electron chi connectivity index (χ1n) is 7.30. The van der Waals surface area contributed by atoms with Gasteiger partial charge < -0.3 is 0 Å². The molecule has 1 amide bonds. The fourth-order valence-corrected chi connectivity index (χ4v) is 2.95. The van der Waals surface area contributed by atoms with E-state index in [0.717, 1.165) is 21.2 Å². The maximum absolute atomic E-state index is 11.8. The Hall–Kier alpha value is -2.59. The van der Waals surface area contributed by atoms with Gasteiger partial charge in [0.25, 0.3) is 0 Å². The number of nitrogens with one attached hydrogen (secondary N) is 1. The summed E-state index contributed by atoms with van der Waals surface area (Å²) in [6.45, 7) is 0. The first kappa shape index (κ1) is 15.3. The average molecular weight is 320 g/mol. The number of carbonyl (C=O) groups excluding carboxylic acids is 1. The van der Waals surface area contributed by atoms with E-state index in [2.05, 4.69) is 22.7 Å². The summed E-state index contributed by atoms with van der Waals surface area (Å²) in [5.41, 5.74) is 3.56. The van der Waals surface area contributed by atoms with Crippen LogP contribution in [0.25, 0.3) is 10.8 Å². The number of nitrogens with zero attached hydrogens (tertiary/aromatic N) is 1. The third-order valence-corrected chi connectivity index (χ3v) is 4.34. The lowest BCUT2D eigenvalue weighted by Crippen LogP contribution is -2.19. The Morgan fingerprint density at radius 2 is 1.70 bits per heavy atom. The summed E-state index contributed by atoms with van der Waals surface area (Å²) in [5, 5.41) is 6.34. The Morgan fingerprint density at radius 1 is 0.957 bits per heavy atom. The maximum atomic E-state index is 11.8. The zero-order valence-electron chi connectivity index (χ0n) is 12.5. The van der Waals surface area contributed by atoms with E-state index in [1.807, 2.05) is 60.7 Å². The van der Waals surface area contributed by atoms with Gasteiger partial charge in [0, 0.05) is 10.5 Å². The highest BCUT2D eigenvalue weighted by Crippen LogP contribution is 2.17. The van der Waals surface area contributed by atoms with E-state index in [1.165, 1.54) is 11.8 Å². The molecule has 0 aliphatic heterocycles. The van der Waals surface area contributed by atoms with Crippen LogP contribution in [0, 0.1) is 0 Å². The molecule has 4 heteroatoms. The molecule has 0 aliphatic carbocycles. The first-order chi connectivity index (χ1) is 11.3. The van der Waals surface area contributed by atoms with Gasteiger partial charge in [-0.05, 0) is 22.9 Å². The first-order valence-corrected chi connectivity index (χ1v) is 8.29. The van der Waals surface area contributed by atoms with E-state index < -0.39 is 0 Å². The number of fused-ring (bicyclic) bond motifs is 1. The van der Waals surface area contributed by atoms with E-state index in [4.69, 9.17) is 0 Å². The van der Waals surface area contributed by atoms with Gasteiger partial charge in [0.05, 0.1) is 12.0 Å². The zero-order valence-corrected chi connectivity index (χ0v) is 13.3. The summed E-state index contributed by atoms with van der Waals surface area (Å²) in [4.78, 5) is 12.9. The van der Waals surface area contributed by atoms with Crippen molar-refractivity contribution in [3.8, 4) is 0 Å². The third-order valence-electron chi connectivity index (χ3n) is 3.33. The van der Waals surface area contributed by atoms with Crippen LogP contribution in [0.3, 0.4) is 0 Å². The smallest absolute Gasteiger partial charge is 0.250 e. The van der Waals surface area contributed by atoms with Gasteiger partial charge in [-0.2, -0.15) is 5.10 Å². The molecule has 0 atom stereocenters. The quantitative estimate of drug-likeness (QED) is 0.437. The molecular formula is C19H16N2OS. The summed E-state index contributed by atoms with van der Waals surface area (Å²) in [5.74, 6) is 0.229. The van der Waals surface area contributed by atoms with Crippen molar-refractivity contribution < 1.29 is 4.79 Å². The predicted octanol–water partition coefficient (Wildman–Crippen LogP) is 4.08.